The molecule has 3 rings (SSSR count). The van der Waals surface area contributed by atoms with Crippen molar-refractivity contribution in [1.29, 1.82) is 0 Å². The maximum atomic E-state index is 13.0. The quantitative estimate of drug-likeness (QED) is 0.676. The number of benzene rings is 2. The summed E-state index contributed by atoms with van der Waals surface area (Å²) in [5.74, 6) is -1.99. The summed E-state index contributed by atoms with van der Waals surface area (Å²) in [7, 11) is 0. The Kier molecular flexibility index (Phi) is 5.10. The van der Waals surface area contributed by atoms with Crippen LogP contribution in [0.5, 0.6) is 0 Å². The summed E-state index contributed by atoms with van der Waals surface area (Å²) in [6, 6.07) is 11.0. The summed E-state index contributed by atoms with van der Waals surface area (Å²) >= 11 is 4.54. The van der Waals surface area contributed by atoms with Crippen molar-refractivity contribution in [3.63, 3.8) is 0 Å². The van der Waals surface area contributed by atoms with E-state index < -0.39 is 24.2 Å². The van der Waals surface area contributed by atoms with Gasteiger partial charge in [0.05, 0.1) is 4.70 Å². The van der Waals surface area contributed by atoms with E-state index in [9.17, 15) is 14.0 Å². The number of carbonyl (C=O) groups excluding carboxylic acids is 1. The van der Waals surface area contributed by atoms with Gasteiger partial charge in [0, 0.05) is 16.4 Å². The Morgan fingerprint density at radius 2 is 1.92 bits per heavy atom. The highest BCUT2D eigenvalue weighted by Crippen LogP contribution is 2.27. The standard InChI is InChI=1S/C17H12BrFN2O3S/c18-11-3-6-13-14(7-11)25-20-16(13)17(24)21(9-15(22)23)8-10-1-4-12(19)5-2-10/h1-7H,8-9H2,(H,22,23). The normalized spacial score (nSPS) is 10.8. The van der Waals surface area contributed by atoms with Crippen molar-refractivity contribution >= 4 is 49.4 Å². The number of carbonyl (C=O) groups is 2. The summed E-state index contributed by atoms with van der Waals surface area (Å²) in [6.07, 6.45) is 0. The molecule has 0 radical (unpaired) electrons. The molecule has 0 atom stereocenters. The van der Waals surface area contributed by atoms with E-state index in [0.29, 0.717) is 10.9 Å². The molecule has 0 bridgehead atoms. The number of aliphatic carboxylic acids is 1. The molecule has 1 aromatic heterocycles. The van der Waals surface area contributed by atoms with Crippen molar-refractivity contribution in [1.82, 2.24) is 9.27 Å². The summed E-state index contributed by atoms with van der Waals surface area (Å²) in [6.45, 7) is -0.410. The van der Waals surface area contributed by atoms with Gasteiger partial charge in [0.1, 0.15) is 18.1 Å². The first kappa shape index (κ1) is 17.5. The van der Waals surface area contributed by atoms with Gasteiger partial charge in [-0.3, -0.25) is 9.59 Å². The second kappa shape index (κ2) is 7.28. The highest BCUT2D eigenvalue weighted by Gasteiger charge is 2.23. The van der Waals surface area contributed by atoms with Crippen LogP contribution in [0.1, 0.15) is 16.1 Å². The Morgan fingerprint density at radius 3 is 2.60 bits per heavy atom. The molecule has 0 aliphatic carbocycles. The van der Waals surface area contributed by atoms with Gasteiger partial charge in [0.15, 0.2) is 0 Å². The lowest BCUT2D eigenvalue weighted by atomic mass is 10.1. The molecule has 0 aliphatic rings. The highest BCUT2D eigenvalue weighted by atomic mass is 79.9. The van der Waals surface area contributed by atoms with Crippen LogP contribution in [-0.4, -0.2) is 32.8 Å². The van der Waals surface area contributed by atoms with E-state index in [1.807, 2.05) is 6.07 Å². The van der Waals surface area contributed by atoms with Crippen molar-refractivity contribution in [2.24, 2.45) is 0 Å². The summed E-state index contributed by atoms with van der Waals surface area (Å²) in [4.78, 5) is 25.2. The molecule has 0 spiro atoms. The van der Waals surface area contributed by atoms with E-state index in [1.165, 1.54) is 40.7 Å². The van der Waals surface area contributed by atoms with Crippen LogP contribution in [0.4, 0.5) is 4.39 Å². The van der Waals surface area contributed by atoms with Crippen molar-refractivity contribution < 1.29 is 19.1 Å². The van der Waals surface area contributed by atoms with Gasteiger partial charge in [0.2, 0.25) is 0 Å². The number of amides is 1. The summed E-state index contributed by atoms with van der Waals surface area (Å²) in [5, 5.41) is 9.80. The first-order chi connectivity index (χ1) is 11.9. The number of hydrogen-bond donors (Lipinski definition) is 1. The molecular weight excluding hydrogens is 411 g/mol. The maximum Gasteiger partial charge on any atom is 0.323 e. The molecule has 128 valence electrons. The Hall–Kier alpha value is -2.32. The van der Waals surface area contributed by atoms with Crippen LogP contribution >= 0.6 is 27.5 Å². The van der Waals surface area contributed by atoms with Crippen molar-refractivity contribution in [2.75, 3.05) is 6.54 Å². The molecule has 5 nitrogen and oxygen atoms in total. The molecule has 0 aliphatic heterocycles. The molecule has 1 heterocycles. The Morgan fingerprint density at radius 1 is 1.20 bits per heavy atom. The monoisotopic (exact) mass is 422 g/mol. The molecule has 0 saturated heterocycles. The van der Waals surface area contributed by atoms with Crippen LogP contribution in [0.15, 0.2) is 46.9 Å². The topological polar surface area (TPSA) is 70.5 Å². The maximum absolute atomic E-state index is 13.0. The number of fused-ring (bicyclic) bond motifs is 1. The average Bonchev–Trinajstić information content (AvgIpc) is 2.98. The second-order valence-electron chi connectivity index (χ2n) is 5.35. The van der Waals surface area contributed by atoms with Gasteiger partial charge >= 0.3 is 5.97 Å². The first-order valence-electron chi connectivity index (χ1n) is 7.24. The molecule has 0 unspecified atom stereocenters. The van der Waals surface area contributed by atoms with E-state index in [0.717, 1.165) is 9.17 Å². The number of carboxylic acids is 1. The molecule has 8 heteroatoms. The second-order valence-corrected chi connectivity index (χ2v) is 7.07. The molecule has 2 aromatic carbocycles. The van der Waals surface area contributed by atoms with Crippen LogP contribution in [-0.2, 0) is 11.3 Å². The average molecular weight is 423 g/mol. The van der Waals surface area contributed by atoms with Crippen LogP contribution < -0.4 is 0 Å². The Balaban J connectivity index is 1.92. The lowest BCUT2D eigenvalue weighted by Crippen LogP contribution is -2.35. The predicted octanol–water partition coefficient (Wildman–Crippen LogP) is 3.92. The van der Waals surface area contributed by atoms with Crippen molar-refractivity contribution in [3.05, 3.63) is 64.0 Å². The number of halogens is 2. The fraction of sp³-hybridized carbons (Fsp3) is 0.118. The van der Waals surface area contributed by atoms with Crippen molar-refractivity contribution in [2.45, 2.75) is 6.54 Å². The molecule has 25 heavy (non-hydrogen) atoms. The zero-order valence-corrected chi connectivity index (χ0v) is 15.2. The van der Waals surface area contributed by atoms with Gasteiger partial charge in [-0.1, -0.05) is 28.1 Å². The summed E-state index contributed by atoms with van der Waals surface area (Å²) < 4.78 is 18.9. The Bertz CT molecular complexity index is 943. The van der Waals surface area contributed by atoms with E-state index >= 15 is 0 Å². The fourth-order valence-electron chi connectivity index (χ4n) is 2.39. The van der Waals surface area contributed by atoms with Gasteiger partial charge in [-0.15, -0.1) is 0 Å². The van der Waals surface area contributed by atoms with Gasteiger partial charge < -0.3 is 10.0 Å². The third-order valence-electron chi connectivity index (χ3n) is 3.54. The zero-order chi connectivity index (χ0) is 18.0. The van der Waals surface area contributed by atoms with Crippen LogP contribution in [0.3, 0.4) is 0 Å². The minimum absolute atomic E-state index is 0.0565. The third-order valence-corrected chi connectivity index (χ3v) is 4.84. The van der Waals surface area contributed by atoms with E-state index in [1.54, 1.807) is 12.1 Å². The van der Waals surface area contributed by atoms with Gasteiger partial charge in [-0.2, -0.15) is 4.37 Å². The minimum atomic E-state index is -1.13. The Labute approximate surface area is 155 Å². The molecule has 1 N–H and O–H groups in total. The SMILES string of the molecule is O=C(O)CN(Cc1ccc(F)cc1)C(=O)c1nsc2cc(Br)ccc12. The van der Waals surface area contributed by atoms with Gasteiger partial charge in [-0.05, 0) is 47.4 Å². The van der Waals surface area contributed by atoms with Crippen LogP contribution in [0.25, 0.3) is 10.1 Å². The molecule has 0 fully saturated rings. The van der Waals surface area contributed by atoms with Crippen molar-refractivity contribution in [3.8, 4) is 0 Å². The van der Waals surface area contributed by atoms with Crippen LogP contribution in [0.2, 0.25) is 0 Å². The van der Waals surface area contributed by atoms with E-state index in [2.05, 4.69) is 20.3 Å². The molecular formula is C17H12BrFN2O3S. The van der Waals surface area contributed by atoms with E-state index in [-0.39, 0.29) is 12.2 Å². The number of hydrogen-bond acceptors (Lipinski definition) is 4. The van der Waals surface area contributed by atoms with E-state index in [4.69, 9.17) is 5.11 Å². The smallest absolute Gasteiger partial charge is 0.323 e. The number of aromatic nitrogens is 1. The predicted molar refractivity (Wildman–Crippen MR) is 96.1 cm³/mol. The molecule has 3 aromatic rings. The number of rotatable bonds is 5. The third kappa shape index (κ3) is 4.02. The lowest BCUT2D eigenvalue weighted by molar-refractivity contribution is -0.137. The fourth-order valence-corrected chi connectivity index (χ4v) is 3.71. The summed E-state index contributed by atoms with van der Waals surface area (Å²) in [5.41, 5.74) is 0.856. The van der Waals surface area contributed by atoms with Crippen LogP contribution in [0, 0.1) is 5.82 Å². The lowest BCUT2D eigenvalue weighted by Gasteiger charge is -2.20. The molecule has 0 saturated carbocycles. The van der Waals surface area contributed by atoms with Gasteiger partial charge in [0.25, 0.3) is 5.91 Å². The number of carboxylic acid groups (broad SMARTS) is 1. The zero-order valence-electron chi connectivity index (χ0n) is 12.8. The van der Waals surface area contributed by atoms with Gasteiger partial charge in [-0.25, -0.2) is 4.39 Å². The minimum Gasteiger partial charge on any atom is -0.480 e. The molecule has 1 amide bonds. The first-order valence-corrected chi connectivity index (χ1v) is 8.81. The largest absolute Gasteiger partial charge is 0.480 e. The number of nitrogens with zero attached hydrogens (tertiary/aromatic N) is 2. The highest BCUT2D eigenvalue weighted by molar-refractivity contribution is 9.10.